The van der Waals surface area contributed by atoms with Crippen LogP contribution in [0.1, 0.15) is 55.1 Å². The van der Waals surface area contributed by atoms with Gasteiger partial charge in [0.05, 0.1) is 28.3 Å². The molecule has 0 fully saturated rings. The molecule has 3 aromatic heterocycles. The second kappa shape index (κ2) is 11.6. The van der Waals surface area contributed by atoms with Gasteiger partial charge in [-0.15, -0.1) is 0 Å². The average molecular weight is 603 g/mol. The first kappa shape index (κ1) is 29.0. The van der Waals surface area contributed by atoms with Gasteiger partial charge in [-0.1, -0.05) is 44.2 Å². The Morgan fingerprint density at radius 1 is 0.911 bits per heavy atom. The van der Waals surface area contributed by atoms with Gasteiger partial charge in [0.15, 0.2) is 0 Å². The van der Waals surface area contributed by atoms with Gasteiger partial charge in [0.2, 0.25) is 0 Å². The van der Waals surface area contributed by atoms with E-state index in [0.717, 1.165) is 45.4 Å². The SMILES string of the molecule is Cc1nn(-c2cccc(Oc3ccc4c5ccccc5n(-c5cc(CC(C)C)ccn5)c4c3)c2)c(C)c1[C@@H]1C(F)=CCC[C@@H]1F. The van der Waals surface area contributed by atoms with E-state index in [-0.39, 0.29) is 0 Å². The van der Waals surface area contributed by atoms with Crippen LogP contribution in [0.2, 0.25) is 0 Å². The maximum atomic E-state index is 14.9. The molecule has 0 radical (unpaired) electrons. The Balaban J connectivity index is 1.26. The number of nitrogens with zero attached hydrogens (tertiary/aromatic N) is 4. The van der Waals surface area contributed by atoms with Gasteiger partial charge >= 0.3 is 0 Å². The highest BCUT2D eigenvalue weighted by Crippen LogP contribution is 2.41. The molecule has 45 heavy (non-hydrogen) atoms. The highest BCUT2D eigenvalue weighted by atomic mass is 19.1. The molecule has 0 saturated heterocycles. The molecule has 0 amide bonds. The lowest BCUT2D eigenvalue weighted by Gasteiger charge is -2.24. The van der Waals surface area contributed by atoms with Crippen molar-refractivity contribution in [2.45, 2.75) is 59.0 Å². The van der Waals surface area contributed by atoms with E-state index >= 15 is 0 Å². The van der Waals surface area contributed by atoms with Crippen LogP contribution in [0.25, 0.3) is 33.3 Å². The Kier molecular flexibility index (Phi) is 7.48. The third kappa shape index (κ3) is 5.30. The van der Waals surface area contributed by atoms with Crippen molar-refractivity contribution in [2.75, 3.05) is 0 Å². The molecule has 3 heterocycles. The Morgan fingerprint density at radius 3 is 2.53 bits per heavy atom. The molecule has 2 atom stereocenters. The third-order valence-corrected chi connectivity index (χ3v) is 8.72. The van der Waals surface area contributed by atoms with E-state index in [0.29, 0.717) is 41.5 Å². The van der Waals surface area contributed by atoms with Gasteiger partial charge < -0.3 is 4.74 Å². The molecular formula is C38H36F2N4O. The van der Waals surface area contributed by atoms with Crippen molar-refractivity contribution < 1.29 is 13.5 Å². The largest absolute Gasteiger partial charge is 0.457 e. The van der Waals surface area contributed by atoms with E-state index in [2.05, 4.69) is 66.9 Å². The molecule has 7 rings (SSSR count). The standard InChI is InChI=1S/C38H36F2N4O/c1-23(2)19-26-17-18-41-36(20-26)43-34-14-6-5-11-30(34)31-16-15-29(22-35(31)43)45-28-10-7-9-27(21-28)44-25(4)37(24(3)42-44)38-32(39)12-8-13-33(38)40/h5-7,9-12,14-18,20-23,33,38H,8,13,19H2,1-4H3/t33-,38+/m0/s1. The highest BCUT2D eigenvalue weighted by Gasteiger charge is 2.34. The van der Waals surface area contributed by atoms with Crippen LogP contribution in [0.3, 0.4) is 0 Å². The number of alkyl halides is 1. The number of ether oxygens (including phenoxy) is 1. The van der Waals surface area contributed by atoms with Crippen LogP contribution < -0.4 is 4.74 Å². The smallest absolute Gasteiger partial charge is 0.137 e. The fraction of sp³-hybridized carbons (Fsp3) is 0.263. The Labute approximate surface area is 261 Å². The van der Waals surface area contributed by atoms with E-state index in [1.165, 1.54) is 11.6 Å². The summed E-state index contributed by atoms with van der Waals surface area (Å²) in [5, 5.41) is 6.97. The number of rotatable bonds is 7. The lowest BCUT2D eigenvalue weighted by atomic mass is 9.85. The highest BCUT2D eigenvalue weighted by molar-refractivity contribution is 6.09. The summed E-state index contributed by atoms with van der Waals surface area (Å²) in [6, 6.07) is 26.4. The summed E-state index contributed by atoms with van der Waals surface area (Å²) in [5.41, 5.74) is 6.07. The number of pyridine rings is 1. The summed E-state index contributed by atoms with van der Waals surface area (Å²) in [6.07, 6.45) is 3.83. The average Bonchev–Trinajstić information content (AvgIpc) is 3.50. The zero-order valence-corrected chi connectivity index (χ0v) is 26.0. The Morgan fingerprint density at radius 2 is 1.71 bits per heavy atom. The lowest BCUT2D eigenvalue weighted by Crippen LogP contribution is -2.19. The number of para-hydroxylation sites is 1. The molecule has 0 unspecified atom stereocenters. The van der Waals surface area contributed by atoms with Crippen LogP contribution in [0, 0.1) is 19.8 Å². The molecule has 1 aliphatic carbocycles. The van der Waals surface area contributed by atoms with Crippen LogP contribution in [0.5, 0.6) is 11.5 Å². The molecule has 7 heteroatoms. The number of halogens is 2. The topological polar surface area (TPSA) is 44.9 Å². The van der Waals surface area contributed by atoms with Crippen molar-refractivity contribution in [3.63, 3.8) is 0 Å². The van der Waals surface area contributed by atoms with Gasteiger partial charge in [-0.25, -0.2) is 18.4 Å². The summed E-state index contributed by atoms with van der Waals surface area (Å²) >= 11 is 0. The summed E-state index contributed by atoms with van der Waals surface area (Å²) in [4.78, 5) is 4.77. The molecule has 3 aromatic carbocycles. The van der Waals surface area contributed by atoms with Gasteiger partial charge in [-0.3, -0.25) is 4.57 Å². The van der Waals surface area contributed by atoms with Crippen LogP contribution in [-0.4, -0.2) is 25.5 Å². The van der Waals surface area contributed by atoms with Crippen molar-refractivity contribution in [1.29, 1.82) is 0 Å². The summed E-state index contributed by atoms with van der Waals surface area (Å²) in [6.45, 7) is 8.13. The minimum absolute atomic E-state index is 0.314. The molecule has 6 aromatic rings. The zero-order chi connectivity index (χ0) is 31.2. The first-order chi connectivity index (χ1) is 21.8. The number of fused-ring (bicyclic) bond motifs is 3. The maximum Gasteiger partial charge on any atom is 0.137 e. The Hall–Kier alpha value is -4.78. The van der Waals surface area contributed by atoms with E-state index in [4.69, 9.17) is 14.8 Å². The summed E-state index contributed by atoms with van der Waals surface area (Å²) in [7, 11) is 0. The quantitative estimate of drug-likeness (QED) is 0.183. The molecular weight excluding hydrogens is 566 g/mol. The van der Waals surface area contributed by atoms with E-state index < -0.39 is 17.9 Å². The van der Waals surface area contributed by atoms with Crippen molar-refractivity contribution in [3.8, 4) is 23.0 Å². The predicted molar refractivity (Wildman–Crippen MR) is 176 cm³/mol. The first-order valence-electron chi connectivity index (χ1n) is 15.6. The molecule has 0 N–H and O–H groups in total. The van der Waals surface area contributed by atoms with Crippen molar-refractivity contribution in [1.82, 2.24) is 19.3 Å². The van der Waals surface area contributed by atoms with Gasteiger partial charge in [-0.05, 0) is 87.1 Å². The molecule has 0 aliphatic heterocycles. The van der Waals surface area contributed by atoms with Crippen LogP contribution >= 0.6 is 0 Å². The number of hydrogen-bond donors (Lipinski definition) is 0. The number of aryl methyl sites for hydroxylation is 1. The van der Waals surface area contributed by atoms with E-state index in [1.54, 1.807) is 4.68 Å². The summed E-state index contributed by atoms with van der Waals surface area (Å²) in [5.74, 6) is 1.41. The monoisotopic (exact) mass is 602 g/mol. The first-order valence-corrected chi connectivity index (χ1v) is 15.6. The fourth-order valence-corrected chi connectivity index (χ4v) is 6.78. The second-order valence-corrected chi connectivity index (χ2v) is 12.4. The molecule has 0 spiro atoms. The van der Waals surface area contributed by atoms with Gasteiger partial charge in [-0.2, -0.15) is 5.10 Å². The molecule has 228 valence electrons. The molecule has 0 saturated carbocycles. The minimum Gasteiger partial charge on any atom is -0.457 e. The van der Waals surface area contributed by atoms with Crippen molar-refractivity contribution in [3.05, 3.63) is 119 Å². The third-order valence-electron chi connectivity index (χ3n) is 8.72. The van der Waals surface area contributed by atoms with E-state index in [1.807, 2.05) is 50.4 Å². The van der Waals surface area contributed by atoms with Gasteiger partial charge in [0, 0.05) is 40.4 Å². The van der Waals surface area contributed by atoms with Crippen molar-refractivity contribution in [2.24, 2.45) is 5.92 Å². The van der Waals surface area contributed by atoms with Crippen LogP contribution in [-0.2, 0) is 6.42 Å². The second-order valence-electron chi connectivity index (χ2n) is 12.4. The zero-order valence-electron chi connectivity index (χ0n) is 26.0. The van der Waals surface area contributed by atoms with Crippen LogP contribution in [0.4, 0.5) is 8.78 Å². The number of allylic oxidation sites excluding steroid dienone is 2. The Bertz CT molecular complexity index is 2070. The lowest BCUT2D eigenvalue weighted by molar-refractivity contribution is 0.251. The number of benzene rings is 3. The van der Waals surface area contributed by atoms with Gasteiger partial charge in [0.25, 0.3) is 0 Å². The van der Waals surface area contributed by atoms with E-state index in [9.17, 15) is 8.78 Å². The maximum absolute atomic E-state index is 14.9. The molecule has 5 nitrogen and oxygen atoms in total. The molecule has 1 aliphatic rings. The van der Waals surface area contributed by atoms with Crippen molar-refractivity contribution >= 4 is 21.8 Å². The predicted octanol–water partition coefficient (Wildman–Crippen LogP) is 10.0. The normalized spacial score (nSPS) is 16.9. The number of aromatic nitrogens is 4. The number of hydrogen-bond acceptors (Lipinski definition) is 3. The van der Waals surface area contributed by atoms with Gasteiger partial charge in [0.1, 0.15) is 29.3 Å². The van der Waals surface area contributed by atoms with Crippen LogP contribution in [0.15, 0.2) is 97.0 Å². The fourth-order valence-electron chi connectivity index (χ4n) is 6.78. The summed E-state index contributed by atoms with van der Waals surface area (Å²) < 4.78 is 40.1. The molecule has 0 bridgehead atoms. The minimum atomic E-state index is -1.27.